The van der Waals surface area contributed by atoms with E-state index < -0.39 is 41.1 Å². The highest BCUT2D eigenvalue weighted by Crippen LogP contribution is 2.34. The monoisotopic (exact) mass is 468 g/mol. The number of fused-ring (bicyclic) bond motifs is 1. The molecule has 0 aromatic carbocycles. The molecule has 0 amide bonds. The van der Waals surface area contributed by atoms with E-state index in [9.17, 15) is 14.7 Å². The first-order valence-corrected chi connectivity index (χ1v) is 11.0. The number of Topliss-reactive ketones (excluding diaryl/α,β-unsaturated/α-hetero) is 1. The minimum Gasteiger partial charge on any atom is -0.477 e. The lowest BCUT2D eigenvalue weighted by Gasteiger charge is -2.32. The van der Waals surface area contributed by atoms with Crippen molar-refractivity contribution in [2.24, 2.45) is 11.8 Å². The summed E-state index contributed by atoms with van der Waals surface area (Å²) in [6.45, 7) is 12.0. The van der Waals surface area contributed by atoms with Crippen LogP contribution in [0.1, 0.15) is 58.1 Å². The summed E-state index contributed by atoms with van der Waals surface area (Å²) in [5.74, 6) is -2.85. The Morgan fingerprint density at radius 2 is 1.56 bits per heavy atom. The molecule has 0 radical (unpaired) electrons. The second-order valence-corrected chi connectivity index (χ2v) is 10.4. The van der Waals surface area contributed by atoms with Crippen molar-refractivity contribution in [1.29, 1.82) is 0 Å². The van der Waals surface area contributed by atoms with Crippen molar-refractivity contribution in [3.05, 3.63) is 10.9 Å². The number of carbonyl (C=O) groups excluding carboxylic acids is 2. The van der Waals surface area contributed by atoms with Crippen molar-refractivity contribution >= 4 is 33.4 Å². The fraction of sp³-hybridized carbons (Fsp3) is 0.636. The molecule has 0 saturated heterocycles. The minimum absolute atomic E-state index is 0.187. The Kier molecular flexibility index (Phi) is 7.85. The van der Waals surface area contributed by atoms with Crippen molar-refractivity contribution in [3.8, 4) is 11.8 Å². The van der Waals surface area contributed by atoms with Gasteiger partial charge in [-0.3, -0.25) is 9.59 Å². The molecule has 0 saturated carbocycles. The van der Waals surface area contributed by atoms with Crippen LogP contribution in [0.3, 0.4) is 0 Å². The van der Waals surface area contributed by atoms with Gasteiger partial charge in [-0.15, -0.1) is 11.3 Å². The smallest absolute Gasteiger partial charge is 0.310 e. The highest BCUT2D eigenvalue weighted by atomic mass is 32.1. The van der Waals surface area contributed by atoms with E-state index in [-0.39, 0.29) is 16.6 Å². The van der Waals surface area contributed by atoms with Crippen molar-refractivity contribution < 1.29 is 33.6 Å². The van der Waals surface area contributed by atoms with Gasteiger partial charge in [-0.1, -0.05) is 6.92 Å². The SMILES string of the molecule is COc1nc2cc(C(=O)C(C(C)C(=O)OC(C)(C)C)[C@@H](O)OC(C)(C)C)sc2nc1OC. The summed E-state index contributed by atoms with van der Waals surface area (Å²) >= 11 is 1.08. The van der Waals surface area contributed by atoms with E-state index in [0.29, 0.717) is 10.3 Å². The average Bonchev–Trinajstić information content (AvgIpc) is 3.06. The summed E-state index contributed by atoms with van der Waals surface area (Å²) in [4.78, 5) is 35.6. The van der Waals surface area contributed by atoms with Gasteiger partial charge < -0.3 is 24.1 Å². The zero-order valence-electron chi connectivity index (χ0n) is 20.0. The maximum absolute atomic E-state index is 13.5. The first-order chi connectivity index (χ1) is 14.7. The minimum atomic E-state index is -1.53. The zero-order chi connectivity index (χ0) is 24.4. The molecule has 0 fully saturated rings. The van der Waals surface area contributed by atoms with Crippen LogP contribution in [0.5, 0.6) is 11.8 Å². The number of esters is 1. The zero-order valence-corrected chi connectivity index (χ0v) is 20.8. The van der Waals surface area contributed by atoms with E-state index >= 15 is 0 Å². The number of methoxy groups -OCH3 is 2. The quantitative estimate of drug-likeness (QED) is 0.352. The van der Waals surface area contributed by atoms with Crippen LogP contribution in [0.4, 0.5) is 0 Å². The molecule has 10 heteroatoms. The molecule has 0 aliphatic rings. The van der Waals surface area contributed by atoms with Gasteiger partial charge in [0.25, 0.3) is 11.8 Å². The fourth-order valence-electron chi connectivity index (χ4n) is 2.96. The lowest BCUT2D eigenvalue weighted by Crippen LogP contribution is -2.43. The summed E-state index contributed by atoms with van der Waals surface area (Å²) < 4.78 is 21.4. The van der Waals surface area contributed by atoms with Gasteiger partial charge in [0.2, 0.25) is 0 Å². The number of hydrogen-bond acceptors (Lipinski definition) is 10. The predicted octanol–water partition coefficient (Wildman–Crippen LogP) is 3.62. The van der Waals surface area contributed by atoms with E-state index in [4.69, 9.17) is 18.9 Å². The van der Waals surface area contributed by atoms with Gasteiger partial charge in [0.1, 0.15) is 15.9 Å². The number of aromatic nitrogens is 2. The van der Waals surface area contributed by atoms with Crippen LogP contribution in [0, 0.1) is 11.8 Å². The third-order valence-corrected chi connectivity index (χ3v) is 5.37. The maximum atomic E-state index is 13.5. The molecular weight excluding hydrogens is 436 g/mol. The molecule has 0 aliphatic carbocycles. The standard InChI is InChI=1S/C22H32N2O7S/c1-11(19(26)30-21(2,3)4)14(20(27)31-22(5,6)7)15(25)13-10-12-18(32-13)24-17(29-9)16(23-12)28-8/h10-11,14,20,27H,1-9H3/t11?,14?,20-/m0/s1. The number of ketones is 1. The fourth-order valence-corrected chi connectivity index (χ4v) is 3.91. The molecule has 9 nitrogen and oxygen atoms in total. The van der Waals surface area contributed by atoms with Crippen LogP contribution < -0.4 is 9.47 Å². The lowest BCUT2D eigenvalue weighted by molar-refractivity contribution is -0.198. The van der Waals surface area contributed by atoms with Crippen LogP contribution in [0.25, 0.3) is 10.3 Å². The van der Waals surface area contributed by atoms with Crippen LogP contribution in [-0.4, -0.2) is 58.5 Å². The number of ether oxygens (including phenoxy) is 4. The molecule has 2 heterocycles. The largest absolute Gasteiger partial charge is 0.477 e. The number of rotatable bonds is 8. The molecule has 0 aliphatic heterocycles. The van der Waals surface area contributed by atoms with Crippen molar-refractivity contribution in [2.45, 2.75) is 66.0 Å². The van der Waals surface area contributed by atoms with Crippen LogP contribution in [0.2, 0.25) is 0 Å². The van der Waals surface area contributed by atoms with Gasteiger partial charge in [-0.05, 0) is 47.6 Å². The van der Waals surface area contributed by atoms with Crippen molar-refractivity contribution in [1.82, 2.24) is 9.97 Å². The number of nitrogens with zero attached hydrogens (tertiary/aromatic N) is 2. The van der Waals surface area contributed by atoms with Gasteiger partial charge in [-0.2, -0.15) is 4.98 Å². The number of aliphatic hydroxyl groups excluding tert-OH is 1. The van der Waals surface area contributed by atoms with E-state index in [2.05, 4.69) is 9.97 Å². The molecule has 0 spiro atoms. The Morgan fingerprint density at radius 1 is 1.00 bits per heavy atom. The Morgan fingerprint density at radius 3 is 2.06 bits per heavy atom. The first kappa shape index (κ1) is 26.0. The second kappa shape index (κ2) is 9.68. The summed E-state index contributed by atoms with van der Waals surface area (Å²) in [7, 11) is 2.88. The third-order valence-electron chi connectivity index (χ3n) is 4.33. The van der Waals surface area contributed by atoms with Crippen LogP contribution >= 0.6 is 11.3 Å². The first-order valence-electron chi connectivity index (χ1n) is 10.2. The summed E-state index contributed by atoms with van der Waals surface area (Å²) in [5.41, 5.74) is -1.05. The molecule has 3 atom stereocenters. The number of thiophene rings is 1. The summed E-state index contributed by atoms with van der Waals surface area (Å²) in [6.07, 6.45) is -1.53. The second-order valence-electron chi connectivity index (χ2n) is 9.38. The average molecular weight is 469 g/mol. The van der Waals surface area contributed by atoms with E-state index in [1.54, 1.807) is 54.5 Å². The highest BCUT2D eigenvalue weighted by Gasteiger charge is 2.41. The molecule has 2 unspecified atom stereocenters. The molecule has 2 aromatic rings. The molecule has 2 aromatic heterocycles. The molecule has 1 N–H and O–H groups in total. The highest BCUT2D eigenvalue weighted by molar-refractivity contribution is 7.20. The Hall–Kier alpha value is -2.30. The summed E-state index contributed by atoms with van der Waals surface area (Å²) in [5, 5.41) is 10.8. The predicted molar refractivity (Wildman–Crippen MR) is 120 cm³/mol. The van der Waals surface area contributed by atoms with Gasteiger partial charge in [0.15, 0.2) is 12.1 Å². The van der Waals surface area contributed by atoms with Gasteiger partial charge in [0, 0.05) is 0 Å². The Bertz CT molecular complexity index is 934. The van der Waals surface area contributed by atoms with Gasteiger partial charge >= 0.3 is 5.97 Å². The lowest BCUT2D eigenvalue weighted by atomic mass is 9.88. The van der Waals surface area contributed by atoms with Crippen molar-refractivity contribution in [3.63, 3.8) is 0 Å². The molecule has 2 rings (SSSR count). The van der Waals surface area contributed by atoms with Crippen LogP contribution in [0.15, 0.2) is 6.07 Å². The number of carbonyl (C=O) groups is 2. The normalized spacial score (nSPS) is 15.2. The molecular formula is C22H32N2O7S. The number of aliphatic hydroxyl groups is 1. The Labute approximate surface area is 192 Å². The third kappa shape index (κ3) is 6.36. The summed E-state index contributed by atoms with van der Waals surface area (Å²) in [6, 6.07) is 1.55. The molecule has 178 valence electrons. The van der Waals surface area contributed by atoms with Crippen LogP contribution in [-0.2, 0) is 14.3 Å². The number of hydrogen-bond donors (Lipinski definition) is 1. The van der Waals surface area contributed by atoms with E-state index in [0.717, 1.165) is 11.3 Å². The van der Waals surface area contributed by atoms with Gasteiger partial charge in [0.05, 0.1) is 36.5 Å². The Balaban J connectivity index is 2.47. The van der Waals surface area contributed by atoms with E-state index in [1.807, 2.05) is 0 Å². The van der Waals surface area contributed by atoms with E-state index in [1.165, 1.54) is 14.2 Å². The molecule has 0 bridgehead atoms. The molecule has 32 heavy (non-hydrogen) atoms. The van der Waals surface area contributed by atoms with Gasteiger partial charge in [-0.25, -0.2) is 4.98 Å². The van der Waals surface area contributed by atoms with Crippen molar-refractivity contribution in [2.75, 3.05) is 14.2 Å². The maximum Gasteiger partial charge on any atom is 0.310 e. The topological polar surface area (TPSA) is 117 Å².